The fourth-order valence-corrected chi connectivity index (χ4v) is 5.10. The van der Waals surface area contributed by atoms with Crippen molar-refractivity contribution in [2.24, 2.45) is 10.9 Å². The maximum Gasteiger partial charge on any atom is 0.573 e. The Morgan fingerprint density at radius 2 is 1.96 bits per heavy atom. The quantitative estimate of drug-likeness (QED) is 0.752. The van der Waals surface area contributed by atoms with Gasteiger partial charge in [0.15, 0.2) is 0 Å². The predicted octanol–water partition coefficient (Wildman–Crippen LogP) is 4.27. The normalized spacial score (nSPS) is 18.7. The van der Waals surface area contributed by atoms with E-state index in [-0.39, 0.29) is 11.7 Å². The second-order valence-electron chi connectivity index (χ2n) is 6.11. The molecule has 0 N–H and O–H groups in total. The maximum atomic E-state index is 12.5. The molecule has 1 aromatic rings. The fraction of sp³-hybridized carbons (Fsp3) is 0.529. The number of nitrogens with zero attached hydrogens (tertiary/aromatic N) is 2. The van der Waals surface area contributed by atoms with Crippen molar-refractivity contribution in [3.05, 3.63) is 29.8 Å². The number of hydrogen-bond donors (Lipinski definition) is 0. The summed E-state index contributed by atoms with van der Waals surface area (Å²) >= 11 is 3.61. The number of carbonyl (C=O) groups is 1. The third-order valence-electron chi connectivity index (χ3n) is 4.24. The number of benzene rings is 1. The Kier molecular flexibility index (Phi) is 6.39. The van der Waals surface area contributed by atoms with Gasteiger partial charge in [-0.25, -0.2) is 0 Å². The molecule has 0 aliphatic carbocycles. The standard InChI is InChI=1S/C17H19F3N2O2S2/c18-17(19,20)24-14-3-1-13(2-4-14)15(23)22-8-5-12(6-9-22)11-26-16-21-7-10-25-16/h1-4,12H,5-11H2. The minimum absolute atomic E-state index is 0.148. The molecule has 0 saturated carbocycles. The van der Waals surface area contributed by atoms with Crippen LogP contribution in [0.4, 0.5) is 13.2 Å². The lowest BCUT2D eigenvalue weighted by atomic mass is 9.98. The molecule has 0 spiro atoms. The van der Waals surface area contributed by atoms with Crippen LogP contribution in [0.1, 0.15) is 23.2 Å². The highest BCUT2D eigenvalue weighted by Crippen LogP contribution is 2.28. The molecule has 26 heavy (non-hydrogen) atoms. The number of thioether (sulfide) groups is 2. The van der Waals surface area contributed by atoms with Crippen molar-refractivity contribution in [1.29, 1.82) is 0 Å². The molecule has 1 saturated heterocycles. The topological polar surface area (TPSA) is 41.9 Å². The summed E-state index contributed by atoms with van der Waals surface area (Å²) in [6.45, 7) is 2.25. The molecular weight excluding hydrogens is 385 g/mol. The summed E-state index contributed by atoms with van der Waals surface area (Å²) in [5.41, 5.74) is 0.379. The molecule has 0 unspecified atom stereocenters. The van der Waals surface area contributed by atoms with Gasteiger partial charge >= 0.3 is 6.36 Å². The SMILES string of the molecule is O=C(c1ccc(OC(F)(F)F)cc1)N1CCC(CSC2=NCCS2)CC1. The Hall–Kier alpha value is -1.35. The van der Waals surface area contributed by atoms with Crippen molar-refractivity contribution in [3.8, 4) is 5.75 Å². The monoisotopic (exact) mass is 404 g/mol. The molecule has 2 heterocycles. The van der Waals surface area contributed by atoms with E-state index < -0.39 is 6.36 Å². The molecule has 0 radical (unpaired) electrons. The number of amides is 1. The van der Waals surface area contributed by atoms with E-state index >= 15 is 0 Å². The summed E-state index contributed by atoms with van der Waals surface area (Å²) in [4.78, 5) is 18.7. The van der Waals surface area contributed by atoms with E-state index in [1.165, 1.54) is 28.6 Å². The Morgan fingerprint density at radius 1 is 1.27 bits per heavy atom. The number of carbonyl (C=O) groups excluding carboxylic acids is 1. The molecule has 1 fully saturated rings. The number of ether oxygens (including phenoxy) is 1. The van der Waals surface area contributed by atoms with E-state index in [4.69, 9.17) is 0 Å². The van der Waals surface area contributed by atoms with Gasteiger partial charge < -0.3 is 9.64 Å². The van der Waals surface area contributed by atoms with E-state index in [9.17, 15) is 18.0 Å². The number of aliphatic imine (C=N–C) groups is 1. The number of rotatable bonds is 4. The number of halogens is 3. The molecule has 0 atom stereocenters. The van der Waals surface area contributed by atoms with Crippen molar-refractivity contribution in [2.75, 3.05) is 31.1 Å². The van der Waals surface area contributed by atoms with E-state index in [0.717, 1.165) is 30.9 Å². The third kappa shape index (κ3) is 5.57. The molecular formula is C17H19F3N2O2S2. The minimum atomic E-state index is -4.73. The second-order valence-corrected chi connectivity index (χ2v) is 8.47. The number of piperidine rings is 1. The molecule has 142 valence electrons. The zero-order valence-corrected chi connectivity index (χ0v) is 15.6. The van der Waals surface area contributed by atoms with E-state index in [0.29, 0.717) is 24.6 Å². The van der Waals surface area contributed by atoms with Gasteiger partial charge in [0.2, 0.25) is 0 Å². The van der Waals surface area contributed by atoms with Crippen LogP contribution >= 0.6 is 23.5 Å². The molecule has 2 aliphatic heterocycles. The first-order chi connectivity index (χ1) is 12.4. The lowest BCUT2D eigenvalue weighted by Gasteiger charge is -2.32. The van der Waals surface area contributed by atoms with Crippen LogP contribution in [0.15, 0.2) is 29.3 Å². The van der Waals surface area contributed by atoms with Gasteiger partial charge in [0.05, 0.1) is 6.54 Å². The predicted molar refractivity (Wildman–Crippen MR) is 99.0 cm³/mol. The third-order valence-corrected chi connectivity index (χ3v) is 6.72. The summed E-state index contributed by atoms with van der Waals surface area (Å²) in [7, 11) is 0. The zero-order chi connectivity index (χ0) is 18.6. The highest BCUT2D eigenvalue weighted by molar-refractivity contribution is 8.39. The number of likely N-dealkylation sites (tertiary alicyclic amines) is 1. The summed E-state index contributed by atoms with van der Waals surface area (Å²) in [5, 5.41) is 0. The van der Waals surface area contributed by atoms with Gasteiger partial charge in [-0.3, -0.25) is 9.79 Å². The first-order valence-electron chi connectivity index (χ1n) is 8.36. The van der Waals surface area contributed by atoms with Crippen molar-refractivity contribution in [2.45, 2.75) is 19.2 Å². The second kappa shape index (κ2) is 8.56. The first kappa shape index (κ1) is 19.4. The number of alkyl halides is 3. The average Bonchev–Trinajstić information content (AvgIpc) is 3.13. The van der Waals surface area contributed by atoms with E-state index in [2.05, 4.69) is 9.73 Å². The number of hydrogen-bond acceptors (Lipinski definition) is 5. The van der Waals surface area contributed by atoms with Gasteiger partial charge in [-0.1, -0.05) is 23.5 Å². The summed E-state index contributed by atoms with van der Waals surface area (Å²) in [5.74, 6) is 2.19. The van der Waals surface area contributed by atoms with Crippen LogP contribution in [0.25, 0.3) is 0 Å². The fourth-order valence-electron chi connectivity index (χ4n) is 2.88. The van der Waals surface area contributed by atoms with Crippen molar-refractivity contribution < 1.29 is 22.7 Å². The Morgan fingerprint density at radius 3 is 2.54 bits per heavy atom. The van der Waals surface area contributed by atoms with Crippen molar-refractivity contribution in [3.63, 3.8) is 0 Å². The highest BCUT2D eigenvalue weighted by Gasteiger charge is 2.31. The molecule has 4 nitrogen and oxygen atoms in total. The molecule has 3 rings (SSSR count). The lowest BCUT2D eigenvalue weighted by molar-refractivity contribution is -0.274. The largest absolute Gasteiger partial charge is 0.573 e. The summed E-state index contributed by atoms with van der Waals surface area (Å²) in [6.07, 6.45) is -2.86. The molecule has 1 aromatic carbocycles. The smallest absolute Gasteiger partial charge is 0.406 e. The maximum absolute atomic E-state index is 12.5. The van der Waals surface area contributed by atoms with Crippen molar-refractivity contribution >= 4 is 33.8 Å². The van der Waals surface area contributed by atoms with E-state index in [1.807, 2.05) is 0 Å². The Bertz CT molecular complexity index is 657. The van der Waals surface area contributed by atoms with Crippen LogP contribution in [0.3, 0.4) is 0 Å². The van der Waals surface area contributed by atoms with Gasteiger partial charge in [-0.2, -0.15) is 0 Å². The molecule has 1 amide bonds. The van der Waals surface area contributed by atoms with Crippen LogP contribution in [0, 0.1) is 5.92 Å². The van der Waals surface area contributed by atoms with Gasteiger partial charge in [0.1, 0.15) is 10.1 Å². The van der Waals surface area contributed by atoms with Gasteiger partial charge in [0, 0.05) is 30.2 Å². The summed E-state index contributed by atoms with van der Waals surface area (Å²) < 4.78 is 41.5. The molecule has 2 aliphatic rings. The van der Waals surface area contributed by atoms with Gasteiger partial charge in [-0.15, -0.1) is 13.2 Å². The lowest BCUT2D eigenvalue weighted by Crippen LogP contribution is -2.39. The highest BCUT2D eigenvalue weighted by atomic mass is 32.2. The first-order valence-corrected chi connectivity index (χ1v) is 10.3. The van der Waals surface area contributed by atoms with Crippen LogP contribution in [-0.2, 0) is 0 Å². The van der Waals surface area contributed by atoms with Crippen LogP contribution in [0.2, 0.25) is 0 Å². The Labute approximate surface area is 158 Å². The average molecular weight is 404 g/mol. The van der Waals surface area contributed by atoms with Crippen molar-refractivity contribution in [1.82, 2.24) is 4.90 Å². The van der Waals surface area contributed by atoms with E-state index in [1.54, 1.807) is 28.4 Å². The summed E-state index contributed by atoms with van der Waals surface area (Å²) in [6, 6.07) is 5.09. The Balaban J connectivity index is 1.47. The molecule has 0 aromatic heterocycles. The zero-order valence-electron chi connectivity index (χ0n) is 14.0. The van der Waals surface area contributed by atoms with Crippen LogP contribution < -0.4 is 4.74 Å². The van der Waals surface area contributed by atoms with Crippen LogP contribution in [0.5, 0.6) is 5.75 Å². The van der Waals surface area contributed by atoms with Gasteiger partial charge in [-0.05, 0) is 43.0 Å². The van der Waals surface area contributed by atoms with Crippen LogP contribution in [-0.4, -0.2) is 52.7 Å². The van der Waals surface area contributed by atoms with Gasteiger partial charge in [0.25, 0.3) is 5.91 Å². The molecule has 0 bridgehead atoms. The minimum Gasteiger partial charge on any atom is -0.406 e. The molecule has 9 heteroatoms.